The van der Waals surface area contributed by atoms with Gasteiger partial charge in [0.05, 0.1) is 12.3 Å². The maximum absolute atomic E-state index is 9.91. The molecule has 0 fully saturated rings. The van der Waals surface area contributed by atoms with E-state index in [2.05, 4.69) is 10.1 Å². The second-order valence-corrected chi connectivity index (χ2v) is 3.52. The third kappa shape index (κ3) is 2.41. The zero-order valence-corrected chi connectivity index (χ0v) is 8.54. The van der Waals surface area contributed by atoms with Crippen molar-refractivity contribution in [3.05, 3.63) is 48.0 Å². The van der Waals surface area contributed by atoms with Crippen molar-refractivity contribution in [3.63, 3.8) is 0 Å². The van der Waals surface area contributed by atoms with Crippen molar-refractivity contribution in [1.29, 1.82) is 0 Å². The molecular formula is C11H13N3O. The van der Waals surface area contributed by atoms with Crippen LogP contribution in [0, 0.1) is 0 Å². The molecule has 78 valence electrons. The first kappa shape index (κ1) is 9.86. The molecule has 0 spiro atoms. The molecule has 1 atom stereocenters. The van der Waals surface area contributed by atoms with E-state index in [-0.39, 0.29) is 0 Å². The normalized spacial score (nSPS) is 12.7. The van der Waals surface area contributed by atoms with Crippen LogP contribution >= 0.6 is 0 Å². The van der Waals surface area contributed by atoms with Crippen LogP contribution in [0.1, 0.15) is 17.2 Å². The van der Waals surface area contributed by atoms with Crippen molar-refractivity contribution in [2.45, 2.75) is 12.5 Å². The predicted molar refractivity (Wildman–Crippen MR) is 56.1 cm³/mol. The standard InChI is InChI=1S/C11H13N3O/c1-14-8-10(7-13-14)11(15)6-9-2-4-12-5-3-9/h2-5,7-8,11,15H,6H2,1H3. The van der Waals surface area contributed by atoms with E-state index in [1.165, 1.54) is 0 Å². The molecule has 0 radical (unpaired) electrons. The van der Waals surface area contributed by atoms with Gasteiger partial charge in [0.25, 0.3) is 0 Å². The van der Waals surface area contributed by atoms with E-state index >= 15 is 0 Å². The van der Waals surface area contributed by atoms with Crippen molar-refractivity contribution in [1.82, 2.24) is 14.8 Å². The quantitative estimate of drug-likeness (QED) is 0.812. The van der Waals surface area contributed by atoms with Gasteiger partial charge in [0.2, 0.25) is 0 Å². The fourth-order valence-electron chi connectivity index (χ4n) is 1.47. The van der Waals surface area contributed by atoms with Crippen LogP contribution in [0.2, 0.25) is 0 Å². The van der Waals surface area contributed by atoms with Crippen LogP contribution in [-0.2, 0) is 13.5 Å². The van der Waals surface area contributed by atoms with Crippen molar-refractivity contribution >= 4 is 0 Å². The Kier molecular flexibility index (Phi) is 2.78. The molecule has 0 aliphatic carbocycles. The molecule has 15 heavy (non-hydrogen) atoms. The van der Waals surface area contributed by atoms with E-state index in [4.69, 9.17) is 0 Å². The third-order valence-electron chi connectivity index (χ3n) is 2.29. The Balaban J connectivity index is 2.07. The maximum Gasteiger partial charge on any atom is 0.0860 e. The van der Waals surface area contributed by atoms with Crippen LogP contribution < -0.4 is 0 Å². The van der Waals surface area contributed by atoms with Crippen molar-refractivity contribution in [2.24, 2.45) is 7.05 Å². The smallest absolute Gasteiger partial charge is 0.0860 e. The number of rotatable bonds is 3. The number of aliphatic hydroxyl groups is 1. The summed E-state index contributed by atoms with van der Waals surface area (Å²) in [5.74, 6) is 0. The largest absolute Gasteiger partial charge is 0.388 e. The van der Waals surface area contributed by atoms with E-state index in [0.717, 1.165) is 11.1 Å². The number of aryl methyl sites for hydroxylation is 1. The highest BCUT2D eigenvalue weighted by Gasteiger charge is 2.09. The lowest BCUT2D eigenvalue weighted by atomic mass is 10.1. The Morgan fingerprint density at radius 3 is 2.73 bits per heavy atom. The topological polar surface area (TPSA) is 50.9 Å². The molecule has 0 amide bonds. The third-order valence-corrected chi connectivity index (χ3v) is 2.29. The summed E-state index contributed by atoms with van der Waals surface area (Å²) in [7, 11) is 1.84. The highest BCUT2D eigenvalue weighted by atomic mass is 16.3. The van der Waals surface area contributed by atoms with Crippen LogP contribution in [0.5, 0.6) is 0 Å². The van der Waals surface area contributed by atoms with Gasteiger partial charge in [0.1, 0.15) is 0 Å². The van der Waals surface area contributed by atoms with E-state index in [1.54, 1.807) is 23.3 Å². The summed E-state index contributed by atoms with van der Waals surface area (Å²) in [5, 5.41) is 13.9. The van der Waals surface area contributed by atoms with Gasteiger partial charge in [-0.2, -0.15) is 5.10 Å². The number of aliphatic hydroxyl groups excluding tert-OH is 1. The molecule has 2 rings (SSSR count). The molecule has 0 saturated carbocycles. The summed E-state index contributed by atoms with van der Waals surface area (Å²) in [6.45, 7) is 0. The first-order valence-electron chi connectivity index (χ1n) is 4.81. The van der Waals surface area contributed by atoms with Crippen LogP contribution in [0.25, 0.3) is 0 Å². The zero-order valence-electron chi connectivity index (χ0n) is 8.54. The van der Waals surface area contributed by atoms with Crippen LogP contribution in [0.15, 0.2) is 36.9 Å². The van der Waals surface area contributed by atoms with Gasteiger partial charge in [-0.3, -0.25) is 9.67 Å². The van der Waals surface area contributed by atoms with Gasteiger partial charge in [-0.1, -0.05) is 0 Å². The fraction of sp³-hybridized carbons (Fsp3) is 0.273. The molecule has 0 aromatic carbocycles. The predicted octanol–water partition coefficient (Wildman–Crippen LogP) is 1.09. The zero-order chi connectivity index (χ0) is 10.7. The number of pyridine rings is 1. The Morgan fingerprint density at radius 2 is 2.13 bits per heavy atom. The molecule has 1 unspecified atom stereocenters. The maximum atomic E-state index is 9.91. The van der Waals surface area contributed by atoms with Crippen LogP contribution in [-0.4, -0.2) is 19.9 Å². The number of aromatic nitrogens is 3. The summed E-state index contributed by atoms with van der Waals surface area (Å²) < 4.78 is 1.69. The molecule has 0 aliphatic heterocycles. The summed E-state index contributed by atoms with van der Waals surface area (Å²) in [6, 6.07) is 3.80. The molecule has 0 saturated heterocycles. The minimum Gasteiger partial charge on any atom is -0.388 e. The van der Waals surface area contributed by atoms with E-state index < -0.39 is 6.10 Å². The number of hydrogen-bond acceptors (Lipinski definition) is 3. The average Bonchev–Trinajstić information content (AvgIpc) is 2.66. The average molecular weight is 203 g/mol. The summed E-state index contributed by atoms with van der Waals surface area (Å²) in [6.07, 6.45) is 7.06. The first-order valence-corrected chi connectivity index (χ1v) is 4.81. The van der Waals surface area contributed by atoms with Gasteiger partial charge in [0.15, 0.2) is 0 Å². The Morgan fingerprint density at radius 1 is 1.40 bits per heavy atom. The highest BCUT2D eigenvalue weighted by molar-refractivity contribution is 5.16. The van der Waals surface area contributed by atoms with Gasteiger partial charge in [-0.05, 0) is 17.7 Å². The molecule has 0 aliphatic rings. The summed E-state index contributed by atoms with van der Waals surface area (Å²) in [4.78, 5) is 3.93. The molecular weight excluding hydrogens is 190 g/mol. The monoisotopic (exact) mass is 203 g/mol. The summed E-state index contributed by atoms with van der Waals surface area (Å²) in [5.41, 5.74) is 1.91. The first-order chi connectivity index (χ1) is 7.25. The lowest BCUT2D eigenvalue weighted by Gasteiger charge is -2.07. The molecule has 4 heteroatoms. The van der Waals surface area contributed by atoms with Crippen LogP contribution in [0.4, 0.5) is 0 Å². The van der Waals surface area contributed by atoms with Gasteiger partial charge in [-0.15, -0.1) is 0 Å². The molecule has 1 N–H and O–H groups in total. The van der Waals surface area contributed by atoms with Crippen molar-refractivity contribution in [2.75, 3.05) is 0 Å². The Labute approximate surface area is 88.2 Å². The second kappa shape index (κ2) is 4.23. The van der Waals surface area contributed by atoms with Gasteiger partial charge < -0.3 is 5.11 Å². The minimum atomic E-state index is -0.499. The number of nitrogens with zero attached hydrogens (tertiary/aromatic N) is 3. The molecule has 4 nitrogen and oxygen atoms in total. The SMILES string of the molecule is Cn1cc(C(O)Cc2ccncc2)cn1. The Bertz CT molecular complexity index is 424. The number of hydrogen-bond donors (Lipinski definition) is 1. The van der Waals surface area contributed by atoms with Crippen molar-refractivity contribution < 1.29 is 5.11 Å². The molecule has 2 aromatic heterocycles. The molecule has 2 heterocycles. The van der Waals surface area contributed by atoms with Crippen molar-refractivity contribution in [3.8, 4) is 0 Å². The van der Waals surface area contributed by atoms with Crippen LogP contribution in [0.3, 0.4) is 0 Å². The van der Waals surface area contributed by atoms with Gasteiger partial charge in [-0.25, -0.2) is 0 Å². The highest BCUT2D eigenvalue weighted by Crippen LogP contribution is 2.16. The minimum absolute atomic E-state index is 0.499. The van der Waals surface area contributed by atoms with E-state index in [9.17, 15) is 5.11 Å². The molecule has 2 aromatic rings. The van der Waals surface area contributed by atoms with E-state index in [1.807, 2.05) is 25.4 Å². The summed E-state index contributed by atoms with van der Waals surface area (Å²) >= 11 is 0. The second-order valence-electron chi connectivity index (χ2n) is 3.52. The fourth-order valence-corrected chi connectivity index (χ4v) is 1.47. The Hall–Kier alpha value is -1.68. The lowest BCUT2D eigenvalue weighted by molar-refractivity contribution is 0.178. The molecule has 0 bridgehead atoms. The lowest BCUT2D eigenvalue weighted by Crippen LogP contribution is -2.00. The van der Waals surface area contributed by atoms with Gasteiger partial charge in [0, 0.05) is 37.6 Å². The van der Waals surface area contributed by atoms with Gasteiger partial charge >= 0.3 is 0 Å². The van der Waals surface area contributed by atoms with E-state index in [0.29, 0.717) is 6.42 Å².